The predicted octanol–water partition coefficient (Wildman–Crippen LogP) is 4.48. The molecule has 1 aromatic carbocycles. The molecule has 5 nitrogen and oxygen atoms in total. The molecule has 1 aliphatic carbocycles. The standard InChI is InChI=1S/C19H25N5S/c1-4-20-17-21-18(24(2)3)23-19(22-17)25-16-12-10-15(11-13-16)14-8-6-5-7-9-14/h8,10-13H,4-7,9H2,1-3H3,(H,20,21,22,23). The summed E-state index contributed by atoms with van der Waals surface area (Å²) in [5, 5.41) is 3.88. The van der Waals surface area contributed by atoms with Crippen LogP contribution in [0.1, 0.15) is 38.2 Å². The van der Waals surface area contributed by atoms with Gasteiger partial charge in [-0.25, -0.2) is 0 Å². The third-order valence-corrected chi connectivity index (χ3v) is 4.94. The molecule has 6 heteroatoms. The van der Waals surface area contributed by atoms with Gasteiger partial charge in [-0.2, -0.15) is 15.0 Å². The molecule has 0 unspecified atom stereocenters. The zero-order valence-corrected chi connectivity index (χ0v) is 15.9. The van der Waals surface area contributed by atoms with Crippen LogP contribution in [0.5, 0.6) is 0 Å². The lowest BCUT2D eigenvalue weighted by molar-refractivity contribution is 0.742. The molecule has 0 bridgehead atoms. The summed E-state index contributed by atoms with van der Waals surface area (Å²) in [6.45, 7) is 2.81. The maximum atomic E-state index is 4.54. The fraction of sp³-hybridized carbons (Fsp3) is 0.421. The van der Waals surface area contributed by atoms with Crippen LogP contribution in [0.4, 0.5) is 11.9 Å². The molecular weight excluding hydrogens is 330 g/mol. The average Bonchev–Trinajstić information content (AvgIpc) is 2.63. The van der Waals surface area contributed by atoms with E-state index in [0.29, 0.717) is 17.1 Å². The van der Waals surface area contributed by atoms with Gasteiger partial charge in [-0.05, 0) is 67.6 Å². The van der Waals surface area contributed by atoms with Gasteiger partial charge >= 0.3 is 0 Å². The third kappa shape index (κ3) is 4.72. The van der Waals surface area contributed by atoms with Gasteiger partial charge in [-0.1, -0.05) is 18.2 Å². The molecule has 0 spiro atoms. The minimum absolute atomic E-state index is 0.618. The Bertz CT molecular complexity index is 740. The minimum Gasteiger partial charge on any atom is -0.354 e. The monoisotopic (exact) mass is 355 g/mol. The second-order valence-corrected chi connectivity index (χ2v) is 7.31. The number of hydrogen-bond acceptors (Lipinski definition) is 6. The number of hydrogen-bond donors (Lipinski definition) is 1. The molecule has 1 aromatic heterocycles. The molecule has 3 rings (SSSR count). The van der Waals surface area contributed by atoms with Gasteiger partial charge in [0.15, 0.2) is 5.16 Å². The molecule has 0 saturated heterocycles. The Kier molecular flexibility index (Phi) is 5.91. The molecular formula is C19H25N5S. The van der Waals surface area contributed by atoms with Crippen LogP contribution in [-0.2, 0) is 0 Å². The highest BCUT2D eigenvalue weighted by Crippen LogP contribution is 2.30. The lowest BCUT2D eigenvalue weighted by Gasteiger charge is -2.14. The average molecular weight is 356 g/mol. The lowest BCUT2D eigenvalue weighted by Crippen LogP contribution is -2.15. The first-order chi connectivity index (χ1) is 12.2. The SMILES string of the molecule is CCNc1nc(Sc2ccc(C3=CCCCC3)cc2)nc(N(C)C)n1. The molecule has 132 valence electrons. The molecule has 0 atom stereocenters. The van der Waals surface area contributed by atoms with Crippen molar-refractivity contribution in [3.63, 3.8) is 0 Å². The number of rotatable bonds is 6. The summed E-state index contributed by atoms with van der Waals surface area (Å²) in [5.41, 5.74) is 2.81. The van der Waals surface area contributed by atoms with Crippen LogP contribution in [0.15, 0.2) is 40.4 Å². The number of aromatic nitrogens is 3. The quantitative estimate of drug-likeness (QED) is 0.824. The summed E-state index contributed by atoms with van der Waals surface area (Å²) >= 11 is 1.57. The molecule has 1 N–H and O–H groups in total. The second-order valence-electron chi connectivity index (χ2n) is 6.27. The van der Waals surface area contributed by atoms with Crippen LogP contribution in [0.2, 0.25) is 0 Å². The number of allylic oxidation sites excluding steroid dienone is 2. The van der Waals surface area contributed by atoms with Gasteiger partial charge in [0.05, 0.1) is 0 Å². The Morgan fingerprint density at radius 1 is 1.08 bits per heavy atom. The van der Waals surface area contributed by atoms with E-state index < -0.39 is 0 Å². The fourth-order valence-corrected chi connectivity index (χ4v) is 3.51. The van der Waals surface area contributed by atoms with Crippen molar-refractivity contribution < 1.29 is 0 Å². The van der Waals surface area contributed by atoms with Gasteiger partial charge in [0.1, 0.15) is 0 Å². The smallest absolute Gasteiger partial charge is 0.230 e. The fourth-order valence-electron chi connectivity index (χ4n) is 2.77. The van der Waals surface area contributed by atoms with Gasteiger partial charge in [0.2, 0.25) is 11.9 Å². The summed E-state index contributed by atoms with van der Waals surface area (Å²) in [5.74, 6) is 1.28. The van der Waals surface area contributed by atoms with Crippen molar-refractivity contribution in [3.8, 4) is 0 Å². The Balaban J connectivity index is 1.78. The van der Waals surface area contributed by atoms with Crippen LogP contribution in [0.3, 0.4) is 0 Å². The van der Waals surface area contributed by atoms with E-state index in [1.807, 2.05) is 25.9 Å². The van der Waals surface area contributed by atoms with Crippen molar-refractivity contribution in [2.45, 2.75) is 42.7 Å². The number of nitrogens with one attached hydrogen (secondary N) is 1. The van der Waals surface area contributed by atoms with Gasteiger partial charge in [-0.3, -0.25) is 0 Å². The molecule has 0 amide bonds. The Morgan fingerprint density at radius 3 is 2.52 bits per heavy atom. The van der Waals surface area contributed by atoms with E-state index in [4.69, 9.17) is 0 Å². The summed E-state index contributed by atoms with van der Waals surface area (Å²) in [7, 11) is 3.87. The molecule has 25 heavy (non-hydrogen) atoms. The van der Waals surface area contributed by atoms with E-state index in [-0.39, 0.29) is 0 Å². The van der Waals surface area contributed by atoms with Crippen LogP contribution in [-0.4, -0.2) is 35.6 Å². The predicted molar refractivity (Wildman–Crippen MR) is 105 cm³/mol. The molecule has 1 heterocycles. The highest BCUT2D eigenvalue weighted by Gasteiger charge is 2.10. The first-order valence-corrected chi connectivity index (χ1v) is 9.62. The molecule has 2 aromatic rings. The van der Waals surface area contributed by atoms with Crippen LogP contribution < -0.4 is 10.2 Å². The molecule has 0 aliphatic heterocycles. The highest BCUT2D eigenvalue weighted by atomic mass is 32.2. The lowest BCUT2D eigenvalue weighted by atomic mass is 9.94. The summed E-state index contributed by atoms with van der Waals surface area (Å²) < 4.78 is 0. The van der Waals surface area contributed by atoms with Crippen molar-refractivity contribution >= 4 is 29.2 Å². The van der Waals surface area contributed by atoms with Crippen LogP contribution in [0, 0.1) is 0 Å². The third-order valence-electron chi connectivity index (χ3n) is 4.06. The van der Waals surface area contributed by atoms with Crippen molar-refractivity contribution in [2.24, 2.45) is 0 Å². The Labute approximate surface area is 154 Å². The van der Waals surface area contributed by atoms with Crippen LogP contribution >= 0.6 is 11.8 Å². The summed E-state index contributed by atoms with van der Waals surface area (Å²) in [6.07, 6.45) is 7.39. The van der Waals surface area contributed by atoms with Crippen molar-refractivity contribution in [2.75, 3.05) is 30.9 Å². The van der Waals surface area contributed by atoms with E-state index in [9.17, 15) is 0 Å². The van der Waals surface area contributed by atoms with Gasteiger partial charge < -0.3 is 10.2 Å². The normalized spacial score (nSPS) is 14.1. The van der Waals surface area contributed by atoms with Crippen molar-refractivity contribution in [1.29, 1.82) is 0 Å². The summed E-state index contributed by atoms with van der Waals surface area (Å²) in [4.78, 5) is 16.5. The first-order valence-electron chi connectivity index (χ1n) is 8.80. The van der Waals surface area contributed by atoms with E-state index in [2.05, 4.69) is 50.6 Å². The van der Waals surface area contributed by atoms with E-state index in [0.717, 1.165) is 11.4 Å². The minimum atomic E-state index is 0.618. The largest absolute Gasteiger partial charge is 0.354 e. The van der Waals surface area contributed by atoms with Gasteiger partial charge in [-0.15, -0.1) is 0 Å². The second kappa shape index (κ2) is 8.34. The molecule has 0 fully saturated rings. The number of benzene rings is 1. The summed E-state index contributed by atoms with van der Waals surface area (Å²) in [6, 6.07) is 8.72. The van der Waals surface area contributed by atoms with Crippen LogP contribution in [0.25, 0.3) is 5.57 Å². The molecule has 1 aliphatic rings. The zero-order chi connectivity index (χ0) is 17.6. The maximum absolute atomic E-state index is 4.54. The van der Waals surface area contributed by atoms with E-state index in [1.165, 1.54) is 36.8 Å². The molecule has 0 saturated carbocycles. The van der Waals surface area contributed by atoms with E-state index >= 15 is 0 Å². The van der Waals surface area contributed by atoms with Gasteiger partial charge in [0.25, 0.3) is 0 Å². The number of nitrogens with zero attached hydrogens (tertiary/aromatic N) is 4. The van der Waals surface area contributed by atoms with Crippen molar-refractivity contribution in [3.05, 3.63) is 35.9 Å². The highest BCUT2D eigenvalue weighted by molar-refractivity contribution is 7.99. The van der Waals surface area contributed by atoms with Gasteiger partial charge in [0, 0.05) is 25.5 Å². The van der Waals surface area contributed by atoms with E-state index in [1.54, 1.807) is 11.8 Å². The Hall–Kier alpha value is -2.08. The number of anilines is 2. The first kappa shape index (κ1) is 17.7. The zero-order valence-electron chi connectivity index (χ0n) is 15.1. The molecule has 0 radical (unpaired) electrons. The van der Waals surface area contributed by atoms with Crippen molar-refractivity contribution in [1.82, 2.24) is 15.0 Å². The Morgan fingerprint density at radius 2 is 1.88 bits per heavy atom. The topological polar surface area (TPSA) is 53.9 Å². The maximum Gasteiger partial charge on any atom is 0.230 e.